The van der Waals surface area contributed by atoms with Crippen LogP contribution in [0, 0.1) is 5.92 Å². The number of halogens is 1. The Bertz CT molecular complexity index is 1700. The fraction of sp³-hybridized carbons (Fsp3) is 0.353. The number of hydrogen-bond donors (Lipinski definition) is 2. The molecule has 234 valence electrons. The molecule has 0 bridgehead atoms. The van der Waals surface area contributed by atoms with Crippen molar-refractivity contribution in [1.82, 2.24) is 15.0 Å². The summed E-state index contributed by atoms with van der Waals surface area (Å²) in [4.78, 5) is 28.5. The second kappa shape index (κ2) is 12.0. The van der Waals surface area contributed by atoms with Crippen molar-refractivity contribution in [2.24, 2.45) is 5.92 Å². The molecule has 6 rings (SSSR count). The smallest absolute Gasteiger partial charge is 0.264 e. The van der Waals surface area contributed by atoms with Gasteiger partial charge in [-0.2, -0.15) is 0 Å². The number of anilines is 2. The number of nitrogens with one attached hydrogen (secondary N) is 1. The van der Waals surface area contributed by atoms with Crippen LogP contribution in [0.2, 0.25) is 18.6 Å². The first-order valence-electron chi connectivity index (χ1n) is 15.3. The minimum absolute atomic E-state index is 0.110. The molecule has 11 heteroatoms. The molecule has 2 amide bonds. The Kier molecular flexibility index (Phi) is 8.19. The number of aromatic nitrogens is 3. The highest BCUT2D eigenvalue weighted by Gasteiger charge is 2.66. The average Bonchev–Trinajstić information content (AvgIpc) is 3.68. The van der Waals surface area contributed by atoms with Crippen LogP contribution in [0.5, 0.6) is 0 Å². The van der Waals surface area contributed by atoms with Crippen LogP contribution in [0.4, 0.5) is 15.5 Å². The van der Waals surface area contributed by atoms with Crippen LogP contribution in [0.25, 0.3) is 0 Å². The molecule has 4 aromatic rings. The van der Waals surface area contributed by atoms with Crippen LogP contribution in [0.1, 0.15) is 46.4 Å². The second-order valence-electron chi connectivity index (χ2n) is 12.5. The third-order valence-corrected chi connectivity index (χ3v) is 11.8. The zero-order valence-electron chi connectivity index (χ0n) is 25.9. The van der Waals surface area contributed by atoms with Gasteiger partial charge in [-0.25, -0.2) is 0 Å². The number of carbonyl (C=O) groups is 2. The monoisotopic (exact) mass is 627 g/mol. The van der Waals surface area contributed by atoms with Gasteiger partial charge < -0.3 is 24.2 Å². The van der Waals surface area contributed by atoms with E-state index in [0.29, 0.717) is 41.2 Å². The molecular weight excluding hydrogens is 589 g/mol. The Morgan fingerprint density at radius 2 is 1.80 bits per heavy atom. The number of amides is 2. The van der Waals surface area contributed by atoms with Crippen molar-refractivity contribution in [3.8, 4) is 0 Å². The zero-order valence-corrected chi connectivity index (χ0v) is 26.9. The van der Waals surface area contributed by atoms with E-state index in [4.69, 9.17) is 4.74 Å². The highest BCUT2D eigenvalue weighted by atomic mass is 28.4. The van der Waals surface area contributed by atoms with E-state index in [1.165, 1.54) is 0 Å². The molecule has 1 spiro atoms. The average molecular weight is 628 g/mol. The van der Waals surface area contributed by atoms with Gasteiger partial charge in [0.1, 0.15) is 0 Å². The Hall–Kier alpha value is -4.19. The maximum absolute atomic E-state index is 16.2. The molecule has 5 atom stereocenters. The quantitative estimate of drug-likeness (QED) is 0.188. The van der Waals surface area contributed by atoms with Crippen LogP contribution in [-0.2, 0) is 21.7 Å². The number of carbonyl (C=O) groups excluding carboxylic acids is 2. The van der Waals surface area contributed by atoms with E-state index in [1.807, 2.05) is 43.3 Å². The zero-order chi connectivity index (χ0) is 31.9. The van der Waals surface area contributed by atoms with Gasteiger partial charge >= 0.3 is 0 Å². The molecule has 2 aliphatic heterocycles. The number of benzene rings is 3. The van der Waals surface area contributed by atoms with Gasteiger partial charge in [-0.05, 0) is 55.4 Å². The molecular formula is C34H38FN5O4Si. The summed E-state index contributed by atoms with van der Waals surface area (Å²) in [5.74, 6) is -1.26. The maximum Gasteiger partial charge on any atom is 0.264 e. The predicted molar refractivity (Wildman–Crippen MR) is 172 cm³/mol. The largest absolute Gasteiger partial charge is 0.395 e. The summed E-state index contributed by atoms with van der Waals surface area (Å²) >= 11 is 0. The number of nitrogens with zero attached hydrogens (tertiary/aromatic N) is 4. The third-order valence-electron chi connectivity index (χ3n) is 9.33. The third kappa shape index (κ3) is 5.49. The Morgan fingerprint density at radius 1 is 1.11 bits per heavy atom. The lowest BCUT2D eigenvalue weighted by Gasteiger charge is -2.31. The maximum atomic E-state index is 16.2. The van der Waals surface area contributed by atoms with E-state index < -0.39 is 31.6 Å². The number of aliphatic hydroxyl groups is 1. The molecule has 9 nitrogen and oxygen atoms in total. The fourth-order valence-corrected chi connectivity index (χ4v) is 9.73. The number of rotatable bonds is 9. The normalized spacial score (nSPS) is 23.4. The number of hydrogen-bond acceptors (Lipinski definition) is 6. The first-order chi connectivity index (χ1) is 21.5. The van der Waals surface area contributed by atoms with Crippen molar-refractivity contribution in [2.75, 3.05) is 23.9 Å². The van der Waals surface area contributed by atoms with Gasteiger partial charge in [0.05, 0.1) is 30.0 Å². The minimum atomic E-state index is -3.35. The highest BCUT2D eigenvalue weighted by molar-refractivity contribution is 6.72. The minimum Gasteiger partial charge on any atom is -0.395 e. The molecule has 0 aliphatic carbocycles. The Labute approximate surface area is 263 Å². The predicted octanol–water partition coefficient (Wildman–Crippen LogP) is 5.50. The highest BCUT2D eigenvalue weighted by Crippen LogP contribution is 2.60. The van der Waals surface area contributed by atoms with Gasteiger partial charge in [-0.15, -0.1) is 5.10 Å². The molecule has 2 N–H and O–H groups in total. The summed E-state index contributed by atoms with van der Waals surface area (Å²) in [5, 5.41) is 21.6. The van der Waals surface area contributed by atoms with E-state index in [2.05, 4.69) is 15.6 Å². The van der Waals surface area contributed by atoms with Crippen molar-refractivity contribution >= 4 is 31.6 Å². The molecule has 1 aromatic heterocycles. The van der Waals surface area contributed by atoms with E-state index in [1.54, 1.807) is 78.4 Å². The van der Waals surface area contributed by atoms with E-state index >= 15 is 4.11 Å². The molecule has 0 radical (unpaired) electrons. The molecule has 3 aromatic carbocycles. The molecule has 1 saturated heterocycles. The molecule has 0 saturated carbocycles. The Morgan fingerprint density at radius 3 is 2.47 bits per heavy atom. The summed E-state index contributed by atoms with van der Waals surface area (Å²) in [6, 6.07) is 23.9. The van der Waals surface area contributed by atoms with Crippen LogP contribution >= 0.6 is 0 Å². The standard InChI is InChI=1S/C34H38FN5O4Si/c1-22-31(45(3,4)35)30(17-18-40-20-28(37-38-40)26(21-41)23-11-7-5-8-12-23)44-34(22)27-19-25(15-16-29(27)39(2)33(34)43)36-32(42)24-13-9-6-10-14-24/h5-16,19-20,22,26,30-31,41H,17-18,21H2,1-4H3,(H,36,42)/t22-,26?,30+,31-,34+/m1/s1. The first kappa shape index (κ1) is 30.8. The SMILES string of the molecule is C[C@@H]1[C@@H]([Si](C)(C)F)[C@H](CCn2cc(C(CO)c3ccccc3)nn2)O[C@@]12C(=O)N(C)c1ccc(NC(=O)c3ccccc3)cc12. The summed E-state index contributed by atoms with van der Waals surface area (Å²) in [7, 11) is -1.64. The van der Waals surface area contributed by atoms with Crippen molar-refractivity contribution in [1.29, 1.82) is 0 Å². The Balaban J connectivity index is 1.27. The van der Waals surface area contributed by atoms with Crippen LogP contribution in [-0.4, -0.2) is 60.1 Å². The number of ether oxygens (including phenoxy) is 1. The topological polar surface area (TPSA) is 110 Å². The number of fused-ring (bicyclic) bond motifs is 2. The second-order valence-corrected chi connectivity index (χ2v) is 16.3. The van der Waals surface area contributed by atoms with Crippen molar-refractivity contribution < 1.29 is 23.5 Å². The lowest BCUT2D eigenvalue weighted by Crippen LogP contribution is -2.44. The number of likely N-dealkylation sites (N-methyl/N-ethyl adjacent to an activating group) is 1. The molecule has 3 heterocycles. The molecule has 2 aliphatic rings. The van der Waals surface area contributed by atoms with Crippen molar-refractivity contribution in [3.05, 3.63) is 107 Å². The summed E-state index contributed by atoms with van der Waals surface area (Å²) in [6.45, 7) is 5.54. The van der Waals surface area contributed by atoms with Gasteiger partial charge in [0.2, 0.25) is 8.41 Å². The van der Waals surface area contributed by atoms with E-state index in [0.717, 1.165) is 5.56 Å². The van der Waals surface area contributed by atoms with Crippen molar-refractivity contribution in [2.45, 2.75) is 56.1 Å². The van der Waals surface area contributed by atoms with E-state index in [-0.39, 0.29) is 24.3 Å². The van der Waals surface area contributed by atoms with Gasteiger partial charge in [-0.1, -0.05) is 60.7 Å². The molecule has 1 fully saturated rings. The summed E-state index contributed by atoms with van der Waals surface area (Å²) in [5.41, 5.74) is 2.09. The lowest BCUT2D eigenvalue weighted by molar-refractivity contribution is -0.145. The van der Waals surface area contributed by atoms with Crippen LogP contribution in [0.3, 0.4) is 0 Å². The lowest BCUT2D eigenvalue weighted by atomic mass is 9.82. The first-order valence-corrected chi connectivity index (χ1v) is 18.2. The van der Waals surface area contributed by atoms with E-state index in [9.17, 15) is 14.7 Å². The number of aryl methyl sites for hydroxylation is 1. The van der Waals surface area contributed by atoms with Gasteiger partial charge in [-0.3, -0.25) is 14.3 Å². The van der Waals surface area contributed by atoms with Crippen molar-refractivity contribution in [3.63, 3.8) is 0 Å². The number of aliphatic hydroxyl groups excluding tert-OH is 1. The van der Waals surface area contributed by atoms with Gasteiger partial charge in [0, 0.05) is 48.1 Å². The van der Waals surface area contributed by atoms with Crippen LogP contribution < -0.4 is 10.2 Å². The van der Waals surface area contributed by atoms with Gasteiger partial charge in [0.25, 0.3) is 11.8 Å². The molecule has 45 heavy (non-hydrogen) atoms. The van der Waals surface area contributed by atoms with Crippen LogP contribution in [0.15, 0.2) is 85.1 Å². The summed E-state index contributed by atoms with van der Waals surface area (Å²) in [6.07, 6.45) is 1.68. The molecule has 1 unspecified atom stereocenters. The van der Waals surface area contributed by atoms with Gasteiger partial charge in [0.15, 0.2) is 5.60 Å². The summed E-state index contributed by atoms with van der Waals surface area (Å²) < 4.78 is 24.6. The fourth-order valence-electron chi connectivity index (χ4n) is 7.19.